The van der Waals surface area contributed by atoms with Gasteiger partial charge >= 0.3 is 0 Å². The fourth-order valence-electron chi connectivity index (χ4n) is 2.91. The second-order valence-corrected chi connectivity index (χ2v) is 4.97. The molecule has 0 bridgehead atoms. The predicted octanol–water partition coefficient (Wildman–Crippen LogP) is 3.12. The lowest BCUT2D eigenvalue weighted by molar-refractivity contribution is -0.0887. The van der Waals surface area contributed by atoms with Gasteiger partial charge in [0.2, 0.25) is 0 Å². The van der Waals surface area contributed by atoms with Crippen LogP contribution in [0.1, 0.15) is 58.8 Å². The van der Waals surface area contributed by atoms with Crippen molar-refractivity contribution in [1.82, 2.24) is 5.32 Å². The van der Waals surface area contributed by atoms with Crippen molar-refractivity contribution in [3.63, 3.8) is 0 Å². The topological polar surface area (TPSA) is 21.3 Å². The van der Waals surface area contributed by atoms with Crippen molar-refractivity contribution in [2.24, 2.45) is 0 Å². The van der Waals surface area contributed by atoms with E-state index in [-0.39, 0.29) is 5.60 Å². The van der Waals surface area contributed by atoms with Crippen molar-refractivity contribution in [1.29, 1.82) is 0 Å². The fourth-order valence-corrected chi connectivity index (χ4v) is 2.91. The van der Waals surface area contributed by atoms with Crippen molar-refractivity contribution in [2.45, 2.75) is 70.4 Å². The third-order valence-corrected chi connectivity index (χ3v) is 3.73. The minimum absolute atomic E-state index is 0.00542. The first-order chi connectivity index (χ1) is 8.29. The van der Waals surface area contributed by atoms with Crippen LogP contribution in [0.5, 0.6) is 0 Å². The molecule has 2 heteroatoms. The van der Waals surface area contributed by atoms with E-state index >= 15 is 0 Å². The molecule has 0 aromatic heterocycles. The molecule has 0 aromatic carbocycles. The number of terminal acetylenes is 1. The van der Waals surface area contributed by atoms with E-state index in [0.717, 1.165) is 38.8 Å². The van der Waals surface area contributed by atoms with Crippen LogP contribution in [0.25, 0.3) is 0 Å². The van der Waals surface area contributed by atoms with E-state index in [1.54, 1.807) is 0 Å². The van der Waals surface area contributed by atoms with Gasteiger partial charge in [-0.3, -0.25) is 0 Å². The molecule has 1 aliphatic rings. The van der Waals surface area contributed by atoms with Gasteiger partial charge in [0.25, 0.3) is 0 Å². The molecule has 0 heterocycles. The molecule has 0 aromatic rings. The second-order valence-electron chi connectivity index (χ2n) is 4.97. The molecule has 17 heavy (non-hydrogen) atoms. The maximum atomic E-state index is 6.12. The molecule has 2 nitrogen and oxygen atoms in total. The van der Waals surface area contributed by atoms with E-state index in [0.29, 0.717) is 6.04 Å². The standard InChI is InChI=1S/C15H27NO/c1-4-10-14(16-13-5-2)15(17-6-3)11-8-7-9-12-15/h1,14,16H,5-13H2,2-3H3. The van der Waals surface area contributed by atoms with Crippen molar-refractivity contribution in [2.75, 3.05) is 13.2 Å². The van der Waals surface area contributed by atoms with E-state index in [4.69, 9.17) is 11.2 Å². The zero-order valence-corrected chi connectivity index (χ0v) is 11.4. The van der Waals surface area contributed by atoms with Gasteiger partial charge in [0.05, 0.1) is 5.60 Å². The lowest BCUT2D eigenvalue weighted by atomic mass is 9.78. The number of nitrogens with one attached hydrogen (secondary N) is 1. The highest BCUT2D eigenvalue weighted by molar-refractivity contribution is 5.02. The summed E-state index contributed by atoms with van der Waals surface area (Å²) in [4.78, 5) is 0. The number of rotatable bonds is 7. The highest BCUT2D eigenvalue weighted by Crippen LogP contribution is 2.35. The quantitative estimate of drug-likeness (QED) is 0.687. The van der Waals surface area contributed by atoms with Gasteiger partial charge in [-0.05, 0) is 32.7 Å². The summed E-state index contributed by atoms with van der Waals surface area (Å²) in [6.45, 7) is 6.09. The van der Waals surface area contributed by atoms with Crippen molar-refractivity contribution in [3.05, 3.63) is 0 Å². The van der Waals surface area contributed by atoms with E-state index in [1.807, 2.05) is 0 Å². The summed E-state index contributed by atoms with van der Waals surface area (Å²) >= 11 is 0. The molecule has 1 atom stereocenters. The van der Waals surface area contributed by atoms with Crippen LogP contribution in [-0.2, 0) is 4.74 Å². The zero-order chi connectivity index (χ0) is 12.6. The number of ether oxygens (including phenoxy) is 1. The van der Waals surface area contributed by atoms with Gasteiger partial charge in [0, 0.05) is 19.1 Å². The molecule has 1 N–H and O–H groups in total. The Bertz CT molecular complexity index is 232. The summed E-state index contributed by atoms with van der Waals surface area (Å²) in [5.74, 6) is 2.81. The number of hydrogen-bond donors (Lipinski definition) is 1. The Morgan fingerprint density at radius 2 is 2.00 bits per heavy atom. The van der Waals surface area contributed by atoms with Crippen LogP contribution >= 0.6 is 0 Å². The van der Waals surface area contributed by atoms with Crippen molar-refractivity contribution >= 4 is 0 Å². The molecule has 0 radical (unpaired) electrons. The summed E-state index contributed by atoms with van der Waals surface area (Å²) in [5.41, 5.74) is -0.00542. The summed E-state index contributed by atoms with van der Waals surface area (Å²) in [5, 5.41) is 3.60. The van der Waals surface area contributed by atoms with Gasteiger partial charge in [-0.25, -0.2) is 0 Å². The molecule has 1 aliphatic carbocycles. The molecule has 0 saturated heterocycles. The van der Waals surface area contributed by atoms with E-state index in [1.165, 1.54) is 19.3 Å². The average molecular weight is 237 g/mol. The van der Waals surface area contributed by atoms with Crippen LogP contribution in [0.2, 0.25) is 0 Å². The smallest absolute Gasteiger partial charge is 0.0843 e. The molecular formula is C15H27NO. The van der Waals surface area contributed by atoms with E-state index < -0.39 is 0 Å². The molecular weight excluding hydrogens is 210 g/mol. The van der Waals surface area contributed by atoms with Crippen molar-refractivity contribution < 1.29 is 4.74 Å². The van der Waals surface area contributed by atoms with Crippen molar-refractivity contribution in [3.8, 4) is 12.3 Å². The normalized spacial score (nSPS) is 20.8. The molecule has 98 valence electrons. The Morgan fingerprint density at radius 1 is 1.29 bits per heavy atom. The lowest BCUT2D eigenvalue weighted by Crippen LogP contribution is -2.53. The minimum Gasteiger partial charge on any atom is -0.374 e. The van der Waals surface area contributed by atoms with E-state index in [9.17, 15) is 0 Å². The van der Waals surface area contributed by atoms with Gasteiger partial charge in [0.15, 0.2) is 0 Å². The Labute approximate surface area is 107 Å². The third-order valence-electron chi connectivity index (χ3n) is 3.73. The molecule has 0 spiro atoms. The summed E-state index contributed by atoms with van der Waals surface area (Å²) < 4.78 is 6.12. The highest BCUT2D eigenvalue weighted by atomic mass is 16.5. The summed E-state index contributed by atoms with van der Waals surface area (Å²) in [7, 11) is 0. The van der Waals surface area contributed by atoms with Crippen LogP contribution in [0.15, 0.2) is 0 Å². The minimum atomic E-state index is -0.00542. The SMILES string of the molecule is C#CCC(NCCC)C1(OCC)CCCCC1. The Morgan fingerprint density at radius 3 is 2.53 bits per heavy atom. The van der Waals surface area contributed by atoms with Crippen LogP contribution in [0.4, 0.5) is 0 Å². The third kappa shape index (κ3) is 4.01. The largest absolute Gasteiger partial charge is 0.374 e. The molecule has 0 amide bonds. The second kappa shape index (κ2) is 7.74. The van der Waals surface area contributed by atoms with Gasteiger partial charge in [-0.15, -0.1) is 12.3 Å². The first-order valence-corrected chi connectivity index (χ1v) is 7.10. The Hall–Kier alpha value is -0.520. The molecule has 1 rings (SSSR count). The monoisotopic (exact) mass is 237 g/mol. The Kier molecular flexibility index (Phi) is 6.62. The maximum Gasteiger partial charge on any atom is 0.0843 e. The summed E-state index contributed by atoms with van der Waals surface area (Å²) in [6, 6.07) is 0.327. The van der Waals surface area contributed by atoms with Crippen LogP contribution < -0.4 is 5.32 Å². The van der Waals surface area contributed by atoms with Gasteiger partial charge in [-0.2, -0.15) is 0 Å². The van der Waals surface area contributed by atoms with Gasteiger partial charge in [0.1, 0.15) is 0 Å². The molecule has 1 unspecified atom stereocenters. The molecule has 0 aliphatic heterocycles. The van der Waals surface area contributed by atoms with Gasteiger partial charge < -0.3 is 10.1 Å². The predicted molar refractivity (Wildman–Crippen MR) is 73.0 cm³/mol. The molecule has 1 saturated carbocycles. The van der Waals surface area contributed by atoms with Crippen LogP contribution in [-0.4, -0.2) is 24.8 Å². The van der Waals surface area contributed by atoms with Crippen LogP contribution in [0, 0.1) is 12.3 Å². The Balaban J connectivity index is 2.71. The van der Waals surface area contributed by atoms with Crippen LogP contribution in [0.3, 0.4) is 0 Å². The number of hydrogen-bond acceptors (Lipinski definition) is 2. The maximum absolute atomic E-state index is 6.12. The van der Waals surface area contributed by atoms with E-state index in [2.05, 4.69) is 25.1 Å². The zero-order valence-electron chi connectivity index (χ0n) is 11.4. The lowest BCUT2D eigenvalue weighted by Gasteiger charge is -2.43. The fraction of sp³-hybridized carbons (Fsp3) is 0.867. The van der Waals surface area contributed by atoms with Gasteiger partial charge in [-0.1, -0.05) is 26.2 Å². The molecule has 1 fully saturated rings. The first kappa shape index (κ1) is 14.5. The highest BCUT2D eigenvalue weighted by Gasteiger charge is 2.39. The summed E-state index contributed by atoms with van der Waals surface area (Å²) in [6.07, 6.45) is 13.6. The average Bonchev–Trinajstić information content (AvgIpc) is 2.36. The first-order valence-electron chi connectivity index (χ1n) is 7.10.